The van der Waals surface area contributed by atoms with Crippen LogP contribution in [0.4, 0.5) is 0 Å². The second-order valence-corrected chi connectivity index (χ2v) is 4.76. The fourth-order valence-corrected chi connectivity index (χ4v) is 0.930. The molecule has 17 heavy (non-hydrogen) atoms. The van der Waals surface area contributed by atoms with Gasteiger partial charge in [-0.1, -0.05) is 13.5 Å². The summed E-state index contributed by atoms with van der Waals surface area (Å²) < 4.78 is 5.13. The molecule has 0 heterocycles. The number of rotatable bonds is 7. The first-order valence-corrected chi connectivity index (χ1v) is 5.92. The van der Waals surface area contributed by atoms with E-state index in [-0.39, 0.29) is 11.9 Å². The molecule has 0 saturated heterocycles. The van der Waals surface area contributed by atoms with Crippen molar-refractivity contribution in [3.05, 3.63) is 12.2 Å². The summed E-state index contributed by atoms with van der Waals surface area (Å²) in [6, 6.07) is 0. The maximum atomic E-state index is 11.6. The van der Waals surface area contributed by atoms with Gasteiger partial charge in [0, 0.05) is 12.1 Å². The zero-order valence-corrected chi connectivity index (χ0v) is 11.3. The van der Waals surface area contributed by atoms with Gasteiger partial charge in [0.15, 0.2) is 0 Å². The van der Waals surface area contributed by atoms with Crippen molar-refractivity contribution in [2.45, 2.75) is 40.5 Å². The topological polar surface area (TPSA) is 55.4 Å². The van der Waals surface area contributed by atoms with E-state index in [9.17, 15) is 9.59 Å². The van der Waals surface area contributed by atoms with E-state index in [0.717, 1.165) is 6.42 Å². The number of nitrogens with one attached hydrogen (secondary N) is 1. The molecule has 4 heteroatoms. The molecule has 98 valence electrons. The maximum Gasteiger partial charge on any atom is 0.311 e. The molecular weight excluding hydrogens is 218 g/mol. The van der Waals surface area contributed by atoms with E-state index >= 15 is 0 Å². The zero-order chi connectivity index (χ0) is 13.5. The number of hydrogen-bond acceptors (Lipinski definition) is 3. The van der Waals surface area contributed by atoms with Crippen molar-refractivity contribution in [1.29, 1.82) is 0 Å². The predicted molar refractivity (Wildman–Crippen MR) is 67.5 cm³/mol. The molecule has 0 aliphatic heterocycles. The van der Waals surface area contributed by atoms with Gasteiger partial charge in [-0.05, 0) is 33.6 Å². The van der Waals surface area contributed by atoms with Crippen LogP contribution in [0.15, 0.2) is 12.2 Å². The monoisotopic (exact) mass is 241 g/mol. The minimum absolute atomic E-state index is 0.162. The van der Waals surface area contributed by atoms with Gasteiger partial charge in [-0.15, -0.1) is 0 Å². The zero-order valence-electron chi connectivity index (χ0n) is 11.3. The fraction of sp³-hybridized carbons (Fsp3) is 0.692. The Hall–Kier alpha value is -1.32. The molecule has 4 nitrogen and oxygen atoms in total. The fourth-order valence-electron chi connectivity index (χ4n) is 0.930. The van der Waals surface area contributed by atoms with Gasteiger partial charge in [-0.3, -0.25) is 9.59 Å². The van der Waals surface area contributed by atoms with Crippen molar-refractivity contribution in [2.24, 2.45) is 5.41 Å². The third-order valence-corrected chi connectivity index (χ3v) is 2.66. The Morgan fingerprint density at radius 1 is 1.35 bits per heavy atom. The molecule has 0 bridgehead atoms. The van der Waals surface area contributed by atoms with E-state index in [0.29, 0.717) is 25.1 Å². The molecule has 0 fully saturated rings. The van der Waals surface area contributed by atoms with Gasteiger partial charge in [-0.25, -0.2) is 0 Å². The first kappa shape index (κ1) is 15.7. The quantitative estimate of drug-likeness (QED) is 0.421. The molecule has 0 spiro atoms. The lowest BCUT2D eigenvalue weighted by Gasteiger charge is -2.20. The maximum absolute atomic E-state index is 11.6. The molecule has 0 rings (SSSR count). The van der Waals surface area contributed by atoms with Gasteiger partial charge < -0.3 is 10.1 Å². The van der Waals surface area contributed by atoms with Crippen LogP contribution in [-0.4, -0.2) is 25.0 Å². The van der Waals surface area contributed by atoms with Crippen LogP contribution in [0.1, 0.15) is 40.5 Å². The first-order chi connectivity index (χ1) is 7.81. The summed E-state index contributed by atoms with van der Waals surface area (Å²) in [5, 5.41) is 2.68. The summed E-state index contributed by atoms with van der Waals surface area (Å²) in [4.78, 5) is 22.7. The van der Waals surface area contributed by atoms with E-state index in [1.54, 1.807) is 6.92 Å². The first-order valence-electron chi connectivity index (χ1n) is 5.92. The summed E-state index contributed by atoms with van der Waals surface area (Å²) in [5.41, 5.74) is 0.0510. The van der Waals surface area contributed by atoms with Gasteiger partial charge in [-0.2, -0.15) is 0 Å². The minimum atomic E-state index is -0.430. The molecule has 0 aliphatic carbocycles. The van der Waals surface area contributed by atoms with Gasteiger partial charge >= 0.3 is 5.97 Å². The smallest absolute Gasteiger partial charge is 0.311 e. The van der Waals surface area contributed by atoms with Crippen LogP contribution in [0.2, 0.25) is 0 Å². The summed E-state index contributed by atoms with van der Waals surface area (Å²) in [6.07, 6.45) is 1.36. The van der Waals surface area contributed by atoms with E-state index in [2.05, 4.69) is 11.9 Å². The Morgan fingerprint density at radius 2 is 1.94 bits per heavy atom. The molecule has 0 aliphatic rings. The lowest BCUT2D eigenvalue weighted by molar-refractivity contribution is -0.154. The Morgan fingerprint density at radius 3 is 2.41 bits per heavy atom. The summed E-state index contributed by atoms with van der Waals surface area (Å²) in [6.45, 7) is 11.7. The molecule has 0 unspecified atom stereocenters. The van der Waals surface area contributed by atoms with Crippen LogP contribution in [0, 0.1) is 5.41 Å². The van der Waals surface area contributed by atoms with Gasteiger partial charge in [0.25, 0.3) is 0 Å². The second kappa shape index (κ2) is 7.09. The van der Waals surface area contributed by atoms with Crippen LogP contribution >= 0.6 is 0 Å². The van der Waals surface area contributed by atoms with E-state index < -0.39 is 5.41 Å². The third-order valence-electron chi connectivity index (χ3n) is 2.66. The number of carbonyl (C=O) groups is 2. The highest BCUT2D eigenvalue weighted by molar-refractivity contribution is 5.92. The Labute approximate surface area is 103 Å². The highest BCUT2D eigenvalue weighted by atomic mass is 16.5. The Kier molecular flexibility index (Phi) is 6.54. The van der Waals surface area contributed by atoms with Crippen LogP contribution in [0.5, 0.6) is 0 Å². The standard InChI is InChI=1S/C13H23NO3/c1-6-13(4,5)12(16)17-9-7-8-14-11(15)10(2)3/h2,6-9H2,1,3-5H3,(H,14,15). The summed E-state index contributed by atoms with van der Waals surface area (Å²) >= 11 is 0. The van der Waals surface area contributed by atoms with Crippen molar-refractivity contribution in [3.8, 4) is 0 Å². The largest absolute Gasteiger partial charge is 0.465 e. The Balaban J connectivity index is 3.69. The van der Waals surface area contributed by atoms with Crippen molar-refractivity contribution < 1.29 is 14.3 Å². The molecule has 0 saturated carbocycles. The lowest BCUT2D eigenvalue weighted by atomic mass is 9.91. The molecule has 0 radical (unpaired) electrons. The third kappa shape index (κ3) is 6.09. The number of ether oxygens (including phenoxy) is 1. The van der Waals surface area contributed by atoms with Crippen LogP contribution < -0.4 is 5.32 Å². The minimum Gasteiger partial charge on any atom is -0.465 e. The van der Waals surface area contributed by atoms with Crippen LogP contribution in [0.25, 0.3) is 0 Å². The van der Waals surface area contributed by atoms with Crippen molar-refractivity contribution in [3.63, 3.8) is 0 Å². The van der Waals surface area contributed by atoms with Crippen molar-refractivity contribution >= 4 is 11.9 Å². The van der Waals surface area contributed by atoms with Crippen LogP contribution in [-0.2, 0) is 14.3 Å². The molecular formula is C13H23NO3. The van der Waals surface area contributed by atoms with E-state index in [4.69, 9.17) is 4.74 Å². The second-order valence-electron chi connectivity index (χ2n) is 4.76. The van der Waals surface area contributed by atoms with E-state index in [1.807, 2.05) is 20.8 Å². The Bertz CT molecular complexity index is 295. The van der Waals surface area contributed by atoms with Gasteiger partial charge in [0.05, 0.1) is 12.0 Å². The normalized spacial score (nSPS) is 10.8. The molecule has 0 aromatic rings. The van der Waals surface area contributed by atoms with Gasteiger partial charge in [0.2, 0.25) is 5.91 Å². The van der Waals surface area contributed by atoms with E-state index in [1.165, 1.54) is 0 Å². The molecule has 1 N–H and O–H groups in total. The highest BCUT2D eigenvalue weighted by Gasteiger charge is 2.26. The average molecular weight is 241 g/mol. The SMILES string of the molecule is C=C(C)C(=O)NCCCOC(=O)C(C)(C)CC. The van der Waals surface area contributed by atoms with Crippen LogP contribution in [0.3, 0.4) is 0 Å². The van der Waals surface area contributed by atoms with Crippen molar-refractivity contribution in [1.82, 2.24) is 5.32 Å². The predicted octanol–water partition coefficient (Wildman–Crippen LogP) is 2.05. The molecule has 0 atom stereocenters. The highest BCUT2D eigenvalue weighted by Crippen LogP contribution is 2.21. The number of carbonyl (C=O) groups excluding carboxylic acids is 2. The molecule has 1 amide bonds. The van der Waals surface area contributed by atoms with Gasteiger partial charge in [0.1, 0.15) is 0 Å². The number of amides is 1. The number of esters is 1. The molecule has 0 aromatic heterocycles. The summed E-state index contributed by atoms with van der Waals surface area (Å²) in [7, 11) is 0. The lowest BCUT2D eigenvalue weighted by Crippen LogP contribution is -2.28. The summed E-state index contributed by atoms with van der Waals surface area (Å²) in [5.74, 6) is -0.351. The van der Waals surface area contributed by atoms with Crippen molar-refractivity contribution in [2.75, 3.05) is 13.2 Å². The average Bonchev–Trinajstić information content (AvgIpc) is 2.27. The molecule has 0 aromatic carbocycles. The number of hydrogen-bond donors (Lipinski definition) is 1.